The van der Waals surface area contributed by atoms with Crippen LogP contribution < -0.4 is 5.73 Å². The number of hydrogen-bond acceptors (Lipinski definition) is 7. The van der Waals surface area contributed by atoms with Gasteiger partial charge in [-0.1, -0.05) is 0 Å². The lowest BCUT2D eigenvalue weighted by molar-refractivity contribution is 0.0631. The number of rotatable bonds is 5. The first-order chi connectivity index (χ1) is 12.7. The van der Waals surface area contributed by atoms with Crippen LogP contribution in [0.3, 0.4) is 0 Å². The van der Waals surface area contributed by atoms with E-state index >= 15 is 0 Å². The number of carboxylic acids is 1. The number of carbonyl (C=O) groups excluding carboxylic acids is 2. The Bertz CT molecular complexity index is 998. The molecule has 0 aliphatic carbocycles. The summed E-state index contributed by atoms with van der Waals surface area (Å²) in [6.45, 7) is 0.134. The van der Waals surface area contributed by atoms with Gasteiger partial charge in [-0.2, -0.15) is 4.31 Å². The Morgan fingerprint density at radius 3 is 2.04 bits per heavy atom. The second-order valence-electron chi connectivity index (χ2n) is 5.65. The van der Waals surface area contributed by atoms with Crippen molar-refractivity contribution in [3.63, 3.8) is 0 Å². The SMILES string of the molecule is NC(=O)c1ccc(S(=O)(=O)N2CCN(C(=O)c3ccc(C(=O)O)o3)CC2)o1. The number of carboxylic acid groups (broad SMARTS) is 1. The fourth-order valence-electron chi connectivity index (χ4n) is 2.57. The van der Waals surface area contributed by atoms with Gasteiger partial charge in [0.1, 0.15) is 0 Å². The summed E-state index contributed by atoms with van der Waals surface area (Å²) in [4.78, 5) is 35.6. The Labute approximate surface area is 153 Å². The average Bonchev–Trinajstić information content (AvgIpc) is 3.31. The molecule has 1 fully saturated rings. The Hall–Kier alpha value is -3.12. The molecule has 0 radical (unpaired) electrons. The van der Waals surface area contributed by atoms with E-state index in [9.17, 15) is 22.8 Å². The van der Waals surface area contributed by atoms with Crippen molar-refractivity contribution in [2.45, 2.75) is 5.09 Å². The van der Waals surface area contributed by atoms with Crippen molar-refractivity contribution in [3.8, 4) is 0 Å². The van der Waals surface area contributed by atoms with Gasteiger partial charge in [-0.15, -0.1) is 0 Å². The maximum Gasteiger partial charge on any atom is 0.371 e. The first-order valence-electron chi connectivity index (χ1n) is 7.72. The minimum Gasteiger partial charge on any atom is -0.475 e. The van der Waals surface area contributed by atoms with Crippen LogP contribution in [0.5, 0.6) is 0 Å². The Kier molecular flexibility index (Phi) is 4.76. The van der Waals surface area contributed by atoms with E-state index in [1.165, 1.54) is 23.1 Å². The van der Waals surface area contributed by atoms with Crippen LogP contribution in [-0.4, -0.2) is 66.7 Å². The van der Waals surface area contributed by atoms with Crippen LogP contribution in [0, 0.1) is 0 Å². The van der Waals surface area contributed by atoms with Gasteiger partial charge in [0.05, 0.1) is 0 Å². The van der Waals surface area contributed by atoms with Crippen molar-refractivity contribution in [1.82, 2.24) is 9.21 Å². The van der Waals surface area contributed by atoms with Gasteiger partial charge in [-0.25, -0.2) is 13.2 Å². The summed E-state index contributed by atoms with van der Waals surface area (Å²) in [5.74, 6) is -3.48. The molecule has 12 heteroatoms. The molecule has 2 aromatic heterocycles. The number of nitrogens with zero attached hydrogens (tertiary/aromatic N) is 2. The summed E-state index contributed by atoms with van der Waals surface area (Å²) in [7, 11) is -3.98. The molecule has 0 aromatic carbocycles. The molecule has 3 rings (SSSR count). The molecular formula is C15H15N3O8S. The van der Waals surface area contributed by atoms with E-state index in [0.717, 1.165) is 10.4 Å². The lowest BCUT2D eigenvalue weighted by Gasteiger charge is -2.32. The van der Waals surface area contributed by atoms with E-state index < -0.39 is 32.9 Å². The lowest BCUT2D eigenvalue weighted by Crippen LogP contribution is -2.50. The summed E-state index contributed by atoms with van der Waals surface area (Å²) in [5, 5.41) is 8.42. The van der Waals surface area contributed by atoms with Crippen molar-refractivity contribution >= 4 is 27.8 Å². The number of nitrogens with two attached hydrogens (primary N) is 1. The summed E-state index contributed by atoms with van der Waals surface area (Å²) >= 11 is 0. The molecule has 0 atom stereocenters. The van der Waals surface area contributed by atoms with Crippen LogP contribution in [-0.2, 0) is 10.0 Å². The molecule has 11 nitrogen and oxygen atoms in total. The Morgan fingerprint density at radius 2 is 1.52 bits per heavy atom. The van der Waals surface area contributed by atoms with Gasteiger partial charge < -0.3 is 24.6 Å². The van der Waals surface area contributed by atoms with E-state index in [4.69, 9.17) is 19.7 Å². The molecule has 3 N–H and O–H groups in total. The van der Waals surface area contributed by atoms with E-state index in [2.05, 4.69) is 0 Å². The number of sulfonamides is 1. The highest BCUT2D eigenvalue weighted by Gasteiger charge is 2.33. The van der Waals surface area contributed by atoms with Crippen LogP contribution in [0.25, 0.3) is 0 Å². The number of aromatic carboxylic acids is 1. The van der Waals surface area contributed by atoms with Crippen LogP contribution >= 0.6 is 0 Å². The predicted molar refractivity (Wildman–Crippen MR) is 87.6 cm³/mol. The number of amides is 2. The number of piperazine rings is 1. The standard InChI is InChI=1S/C15H15N3O8S/c16-13(19)9-3-4-12(26-9)27(23,24)18-7-5-17(6-8-18)14(20)10-1-2-11(25-10)15(21)22/h1-4H,5-8H2,(H2,16,19)(H,21,22). The van der Waals surface area contributed by atoms with E-state index in [1.807, 2.05) is 0 Å². The third-order valence-electron chi connectivity index (χ3n) is 3.97. The first-order valence-corrected chi connectivity index (χ1v) is 9.16. The second kappa shape index (κ2) is 6.89. The monoisotopic (exact) mass is 397 g/mol. The number of hydrogen-bond donors (Lipinski definition) is 2. The highest BCUT2D eigenvalue weighted by Crippen LogP contribution is 2.21. The van der Waals surface area contributed by atoms with Crippen molar-refractivity contribution in [3.05, 3.63) is 41.5 Å². The quantitative estimate of drug-likeness (QED) is 0.701. The highest BCUT2D eigenvalue weighted by atomic mass is 32.2. The summed E-state index contributed by atoms with van der Waals surface area (Å²) < 4.78 is 36.1. The van der Waals surface area contributed by atoms with Crippen molar-refractivity contribution in [2.24, 2.45) is 5.73 Å². The minimum atomic E-state index is -3.98. The van der Waals surface area contributed by atoms with E-state index in [0.29, 0.717) is 0 Å². The summed E-state index contributed by atoms with van der Waals surface area (Å²) in [6.07, 6.45) is 0. The Balaban J connectivity index is 1.67. The zero-order valence-electron chi connectivity index (χ0n) is 13.8. The fraction of sp³-hybridized carbons (Fsp3) is 0.267. The van der Waals surface area contributed by atoms with Gasteiger partial charge in [-0.3, -0.25) is 9.59 Å². The molecule has 0 unspecified atom stereocenters. The number of carbonyl (C=O) groups is 3. The van der Waals surface area contributed by atoms with Crippen molar-refractivity contribution < 1.29 is 36.7 Å². The average molecular weight is 397 g/mol. The van der Waals surface area contributed by atoms with Crippen LogP contribution in [0.2, 0.25) is 0 Å². The normalized spacial score (nSPS) is 15.6. The largest absolute Gasteiger partial charge is 0.475 e. The molecule has 2 amide bonds. The molecule has 1 aliphatic heterocycles. The molecule has 144 valence electrons. The summed E-state index contributed by atoms with van der Waals surface area (Å²) in [6, 6.07) is 4.74. The molecule has 1 aliphatic rings. The third kappa shape index (κ3) is 3.57. The van der Waals surface area contributed by atoms with Crippen molar-refractivity contribution in [2.75, 3.05) is 26.2 Å². The highest BCUT2D eigenvalue weighted by molar-refractivity contribution is 7.89. The molecule has 27 heavy (non-hydrogen) atoms. The van der Waals surface area contributed by atoms with Crippen LogP contribution in [0.15, 0.2) is 38.2 Å². The molecule has 3 heterocycles. The molecular weight excluding hydrogens is 382 g/mol. The van der Waals surface area contributed by atoms with Gasteiger partial charge in [0.2, 0.25) is 10.9 Å². The number of primary amides is 1. The molecule has 0 bridgehead atoms. The fourth-order valence-corrected chi connectivity index (χ4v) is 3.91. The van der Waals surface area contributed by atoms with Gasteiger partial charge >= 0.3 is 5.97 Å². The molecule has 1 saturated heterocycles. The topological polar surface area (TPSA) is 164 Å². The minimum absolute atomic E-state index is 0.00677. The van der Waals surface area contributed by atoms with Crippen molar-refractivity contribution in [1.29, 1.82) is 0 Å². The first kappa shape index (κ1) is 18.7. The zero-order chi connectivity index (χ0) is 19.8. The second-order valence-corrected chi connectivity index (χ2v) is 7.52. The lowest BCUT2D eigenvalue weighted by atomic mass is 10.3. The van der Waals surface area contributed by atoms with Gasteiger partial charge in [0.15, 0.2) is 11.5 Å². The zero-order valence-corrected chi connectivity index (χ0v) is 14.6. The molecule has 2 aromatic rings. The summed E-state index contributed by atoms with van der Waals surface area (Å²) in [5.41, 5.74) is 5.05. The maximum atomic E-state index is 12.5. The third-order valence-corrected chi connectivity index (χ3v) is 5.74. The predicted octanol–water partition coefficient (Wildman–Crippen LogP) is -0.184. The molecule has 0 saturated carbocycles. The number of furan rings is 2. The van der Waals surface area contributed by atoms with E-state index in [1.54, 1.807) is 0 Å². The Morgan fingerprint density at radius 1 is 0.926 bits per heavy atom. The van der Waals surface area contributed by atoms with Crippen LogP contribution in [0.4, 0.5) is 0 Å². The van der Waals surface area contributed by atoms with Crippen LogP contribution in [0.1, 0.15) is 31.7 Å². The van der Waals surface area contributed by atoms with Gasteiger partial charge in [0.25, 0.3) is 21.8 Å². The van der Waals surface area contributed by atoms with Gasteiger partial charge in [0, 0.05) is 26.2 Å². The maximum absolute atomic E-state index is 12.5. The van der Waals surface area contributed by atoms with Gasteiger partial charge in [-0.05, 0) is 24.3 Å². The van der Waals surface area contributed by atoms with E-state index in [-0.39, 0.29) is 43.5 Å². The molecule has 0 spiro atoms. The smallest absolute Gasteiger partial charge is 0.371 e.